The largest absolute Gasteiger partial charge is 0.495 e. The number of carbonyl (C=O) groups is 1. The molecule has 9 heteroatoms. The third-order valence-corrected chi connectivity index (χ3v) is 6.11. The Morgan fingerprint density at radius 3 is 2.61 bits per heavy atom. The molecule has 0 radical (unpaired) electrons. The summed E-state index contributed by atoms with van der Waals surface area (Å²) >= 11 is 6.27. The molecule has 3 aromatic rings. The molecule has 1 aromatic carbocycles. The minimum atomic E-state index is -0.519. The quantitative estimate of drug-likeness (QED) is 0.606. The van der Waals surface area contributed by atoms with E-state index in [-0.39, 0.29) is 29.9 Å². The molecular formula is C22H24ClN3O5. The molecule has 4 rings (SSSR count). The Morgan fingerprint density at radius 2 is 1.97 bits per heavy atom. The molecule has 1 N–H and O–H groups in total. The maximum absolute atomic E-state index is 13.5. The summed E-state index contributed by atoms with van der Waals surface area (Å²) in [4.78, 5) is 30.0. The second kappa shape index (κ2) is 8.72. The summed E-state index contributed by atoms with van der Waals surface area (Å²) in [6.45, 7) is 0.258. The van der Waals surface area contributed by atoms with E-state index in [0.29, 0.717) is 47.6 Å². The van der Waals surface area contributed by atoms with Gasteiger partial charge in [-0.3, -0.25) is 9.13 Å². The number of fused-ring (bicyclic) bond motifs is 1. The van der Waals surface area contributed by atoms with Crippen LogP contribution in [-0.2, 0) is 11.3 Å². The van der Waals surface area contributed by atoms with Gasteiger partial charge in [-0.2, -0.15) is 0 Å². The molecule has 0 saturated heterocycles. The highest BCUT2D eigenvalue weighted by Crippen LogP contribution is 2.31. The van der Waals surface area contributed by atoms with Gasteiger partial charge in [0.05, 0.1) is 43.0 Å². The lowest BCUT2D eigenvalue weighted by molar-refractivity contribution is 0.0600. The van der Waals surface area contributed by atoms with Crippen LogP contribution in [0.4, 0.5) is 0 Å². The van der Waals surface area contributed by atoms with Crippen molar-refractivity contribution in [3.05, 3.63) is 57.1 Å². The first-order chi connectivity index (χ1) is 14.9. The highest BCUT2D eigenvalue weighted by atomic mass is 35.5. The maximum Gasteiger partial charge on any atom is 0.339 e. The van der Waals surface area contributed by atoms with Crippen molar-refractivity contribution in [2.45, 2.75) is 44.4 Å². The van der Waals surface area contributed by atoms with Gasteiger partial charge in [-0.25, -0.2) is 14.6 Å². The van der Waals surface area contributed by atoms with Crippen LogP contribution in [0.25, 0.3) is 11.2 Å². The summed E-state index contributed by atoms with van der Waals surface area (Å²) in [5, 5.41) is 10.3. The zero-order chi connectivity index (χ0) is 22.1. The number of ether oxygens (including phenoxy) is 2. The van der Waals surface area contributed by atoms with E-state index in [2.05, 4.69) is 4.98 Å². The first-order valence-corrected chi connectivity index (χ1v) is 10.5. The number of aliphatic hydroxyl groups is 1. The van der Waals surface area contributed by atoms with Crippen molar-refractivity contribution in [3.63, 3.8) is 0 Å². The zero-order valence-corrected chi connectivity index (χ0v) is 18.1. The van der Waals surface area contributed by atoms with Gasteiger partial charge in [-0.05, 0) is 49.4 Å². The second-order valence-corrected chi connectivity index (χ2v) is 8.14. The third kappa shape index (κ3) is 4.05. The molecule has 0 aliphatic heterocycles. The van der Waals surface area contributed by atoms with Gasteiger partial charge in [-0.1, -0.05) is 17.7 Å². The van der Waals surface area contributed by atoms with Crippen LogP contribution in [0.5, 0.6) is 5.75 Å². The van der Waals surface area contributed by atoms with Crippen molar-refractivity contribution in [1.29, 1.82) is 0 Å². The molecule has 0 unspecified atom stereocenters. The van der Waals surface area contributed by atoms with Gasteiger partial charge < -0.3 is 14.6 Å². The van der Waals surface area contributed by atoms with Crippen molar-refractivity contribution in [3.8, 4) is 5.75 Å². The van der Waals surface area contributed by atoms with Crippen molar-refractivity contribution >= 4 is 28.7 Å². The molecule has 1 aliphatic carbocycles. The van der Waals surface area contributed by atoms with E-state index < -0.39 is 5.97 Å². The number of hydrogen-bond donors (Lipinski definition) is 1. The number of methoxy groups -OCH3 is 2. The first-order valence-electron chi connectivity index (χ1n) is 10.1. The molecule has 1 fully saturated rings. The Kier molecular flexibility index (Phi) is 6.02. The molecule has 164 valence electrons. The minimum Gasteiger partial charge on any atom is -0.495 e. The van der Waals surface area contributed by atoms with Crippen LogP contribution in [0.15, 0.2) is 35.3 Å². The predicted molar refractivity (Wildman–Crippen MR) is 116 cm³/mol. The van der Waals surface area contributed by atoms with E-state index in [1.165, 1.54) is 13.3 Å². The van der Waals surface area contributed by atoms with Crippen molar-refractivity contribution < 1.29 is 19.4 Å². The second-order valence-electron chi connectivity index (χ2n) is 7.73. The fourth-order valence-electron chi connectivity index (χ4n) is 4.17. The smallest absolute Gasteiger partial charge is 0.339 e. The van der Waals surface area contributed by atoms with Crippen molar-refractivity contribution in [2.24, 2.45) is 0 Å². The van der Waals surface area contributed by atoms with E-state index in [1.807, 2.05) is 6.07 Å². The standard InChI is InChI=1S/C22H24ClN3O5/c1-30-19-8-3-13(9-17(19)23)12-25-18-10-14(21(28)31-2)11-24-20(18)26(22(25)29)15-4-6-16(27)7-5-15/h3,8-11,15-16,27H,4-7,12H2,1-2H3/t15-,16-. The Hall–Kier alpha value is -2.84. The zero-order valence-electron chi connectivity index (χ0n) is 17.4. The number of imidazole rings is 1. The van der Waals surface area contributed by atoms with Crippen LogP contribution in [0.1, 0.15) is 47.6 Å². The van der Waals surface area contributed by atoms with Gasteiger partial charge in [0.1, 0.15) is 5.75 Å². The normalized spacial score (nSPS) is 18.8. The number of hydrogen-bond acceptors (Lipinski definition) is 6. The Balaban J connectivity index is 1.84. The molecule has 1 saturated carbocycles. The lowest BCUT2D eigenvalue weighted by atomic mass is 9.93. The summed E-state index contributed by atoms with van der Waals surface area (Å²) in [5.41, 5.74) is 1.93. The summed E-state index contributed by atoms with van der Waals surface area (Å²) < 4.78 is 13.3. The van der Waals surface area contributed by atoms with E-state index in [0.717, 1.165) is 5.56 Å². The molecular weight excluding hydrogens is 422 g/mol. The van der Waals surface area contributed by atoms with Crippen LogP contribution in [0.2, 0.25) is 5.02 Å². The average Bonchev–Trinajstić information content (AvgIpc) is 3.04. The average molecular weight is 446 g/mol. The van der Waals surface area contributed by atoms with Gasteiger partial charge in [0.2, 0.25) is 0 Å². The Labute approximate surface area is 184 Å². The highest BCUT2D eigenvalue weighted by Gasteiger charge is 2.27. The fourth-order valence-corrected chi connectivity index (χ4v) is 4.45. The summed E-state index contributed by atoms with van der Waals surface area (Å²) in [5.74, 6) is 0.0324. The van der Waals surface area contributed by atoms with Gasteiger partial charge in [0, 0.05) is 12.2 Å². The molecule has 2 aromatic heterocycles. The van der Waals surface area contributed by atoms with Gasteiger partial charge >= 0.3 is 11.7 Å². The monoisotopic (exact) mass is 445 g/mol. The molecule has 0 amide bonds. The van der Waals surface area contributed by atoms with Crippen molar-refractivity contribution in [1.82, 2.24) is 14.1 Å². The van der Waals surface area contributed by atoms with E-state index in [4.69, 9.17) is 21.1 Å². The van der Waals surface area contributed by atoms with Crippen LogP contribution >= 0.6 is 11.6 Å². The van der Waals surface area contributed by atoms with Gasteiger partial charge in [0.25, 0.3) is 0 Å². The molecule has 2 heterocycles. The number of nitrogens with zero attached hydrogens (tertiary/aromatic N) is 3. The Morgan fingerprint density at radius 1 is 1.23 bits per heavy atom. The number of aromatic nitrogens is 3. The summed E-state index contributed by atoms with van der Waals surface area (Å²) in [6, 6.07) is 6.92. The molecule has 1 aliphatic rings. The highest BCUT2D eigenvalue weighted by molar-refractivity contribution is 6.32. The number of esters is 1. The van der Waals surface area contributed by atoms with Crippen LogP contribution < -0.4 is 10.4 Å². The van der Waals surface area contributed by atoms with Crippen LogP contribution in [0.3, 0.4) is 0 Å². The summed E-state index contributed by atoms with van der Waals surface area (Å²) in [7, 11) is 2.84. The SMILES string of the molecule is COC(=O)c1cnc2c(c1)n(Cc1ccc(OC)c(Cl)c1)c(=O)n2[C@H]1CC[C@H](O)CC1. The molecule has 31 heavy (non-hydrogen) atoms. The minimum absolute atomic E-state index is 0.0596. The van der Waals surface area contributed by atoms with Crippen molar-refractivity contribution in [2.75, 3.05) is 14.2 Å². The van der Waals surface area contributed by atoms with Crippen LogP contribution in [-0.4, -0.2) is 45.5 Å². The molecule has 8 nitrogen and oxygen atoms in total. The van der Waals surface area contributed by atoms with E-state index in [9.17, 15) is 14.7 Å². The van der Waals surface area contributed by atoms with E-state index in [1.54, 1.807) is 34.4 Å². The Bertz CT molecular complexity index is 1180. The van der Waals surface area contributed by atoms with Gasteiger partial charge in [-0.15, -0.1) is 0 Å². The molecule has 0 spiro atoms. The molecule has 0 bridgehead atoms. The number of halogens is 1. The number of rotatable bonds is 5. The number of carbonyl (C=O) groups excluding carboxylic acids is 1. The third-order valence-electron chi connectivity index (χ3n) is 5.81. The molecule has 0 atom stereocenters. The number of aliphatic hydroxyl groups excluding tert-OH is 1. The fraction of sp³-hybridized carbons (Fsp3) is 0.409. The number of benzene rings is 1. The lowest BCUT2D eigenvalue weighted by Crippen LogP contribution is -2.31. The topological polar surface area (TPSA) is 95.6 Å². The van der Waals surface area contributed by atoms with Crippen LogP contribution in [0, 0.1) is 0 Å². The predicted octanol–water partition coefficient (Wildman–Crippen LogP) is 3.17. The maximum atomic E-state index is 13.5. The lowest BCUT2D eigenvalue weighted by Gasteiger charge is -2.26. The van der Waals surface area contributed by atoms with E-state index >= 15 is 0 Å². The summed E-state index contributed by atoms with van der Waals surface area (Å²) in [6.07, 6.45) is 3.75. The van der Waals surface area contributed by atoms with Gasteiger partial charge in [0.15, 0.2) is 5.65 Å². The number of pyridine rings is 1. The first kappa shape index (κ1) is 21.4.